The van der Waals surface area contributed by atoms with Crippen LogP contribution in [0.2, 0.25) is 0 Å². The van der Waals surface area contributed by atoms with Crippen molar-refractivity contribution in [3.8, 4) is 0 Å². The summed E-state index contributed by atoms with van der Waals surface area (Å²) in [6, 6.07) is 0. The van der Waals surface area contributed by atoms with Gasteiger partial charge in [0.25, 0.3) is 0 Å². The lowest BCUT2D eigenvalue weighted by atomic mass is 10.3. The lowest BCUT2D eigenvalue weighted by Crippen LogP contribution is -2.32. The van der Waals surface area contributed by atoms with Crippen LogP contribution in [0.4, 0.5) is 0 Å². The molecule has 1 aliphatic rings. The minimum absolute atomic E-state index is 0.0338. The molecule has 1 radical (unpaired) electrons. The Morgan fingerprint density at radius 3 is 2.80 bits per heavy atom. The van der Waals surface area contributed by atoms with Crippen LogP contribution in [0.25, 0.3) is 0 Å². The fraction of sp³-hybridized carbons (Fsp3) is 1.00. The number of nitrogens with one attached hydrogen (secondary N) is 2. The van der Waals surface area contributed by atoms with Crippen LogP contribution in [0.15, 0.2) is 0 Å². The van der Waals surface area contributed by atoms with Crippen LogP contribution in [-0.2, 0) is 0 Å². The molecular formula is C8H17N2. The van der Waals surface area contributed by atoms with Gasteiger partial charge in [0.2, 0.25) is 0 Å². The summed E-state index contributed by atoms with van der Waals surface area (Å²) in [4.78, 5) is 0. The van der Waals surface area contributed by atoms with Gasteiger partial charge in [0, 0.05) is 0 Å². The van der Waals surface area contributed by atoms with Gasteiger partial charge in [0.15, 0.2) is 0 Å². The summed E-state index contributed by atoms with van der Waals surface area (Å²) in [5, 5.41) is 3.21. The fourth-order valence-electron chi connectivity index (χ4n) is 1.03. The molecule has 0 aromatic rings. The quantitative estimate of drug-likeness (QED) is 0.577. The zero-order valence-corrected chi connectivity index (χ0v) is 6.69. The van der Waals surface area contributed by atoms with E-state index in [1.165, 1.54) is 25.7 Å². The SMILES string of the molecule is CCCCNC([NH])C1CC1. The molecule has 0 heterocycles. The molecule has 0 amide bonds. The van der Waals surface area contributed by atoms with Crippen molar-refractivity contribution >= 4 is 0 Å². The van der Waals surface area contributed by atoms with Crippen LogP contribution in [0.3, 0.4) is 0 Å². The predicted molar refractivity (Wildman–Crippen MR) is 42.5 cm³/mol. The summed E-state index contributed by atoms with van der Waals surface area (Å²) < 4.78 is 0. The Morgan fingerprint density at radius 1 is 1.60 bits per heavy atom. The summed E-state index contributed by atoms with van der Waals surface area (Å²) in [6.07, 6.45) is 5.01. The van der Waals surface area contributed by atoms with Crippen LogP contribution in [0, 0.1) is 5.92 Å². The molecule has 59 valence electrons. The predicted octanol–water partition coefficient (Wildman–Crippen LogP) is 1.40. The van der Waals surface area contributed by atoms with E-state index in [0.29, 0.717) is 5.92 Å². The first-order valence-corrected chi connectivity index (χ1v) is 4.29. The van der Waals surface area contributed by atoms with Gasteiger partial charge in [0.05, 0.1) is 6.17 Å². The van der Waals surface area contributed by atoms with Gasteiger partial charge in [0.1, 0.15) is 0 Å². The van der Waals surface area contributed by atoms with Crippen LogP contribution in [-0.4, -0.2) is 12.7 Å². The maximum atomic E-state index is 7.56. The topological polar surface area (TPSA) is 35.8 Å². The lowest BCUT2D eigenvalue weighted by molar-refractivity contribution is 0.457. The van der Waals surface area contributed by atoms with E-state index in [2.05, 4.69) is 12.2 Å². The molecule has 1 unspecified atom stereocenters. The molecule has 1 fully saturated rings. The molecule has 10 heavy (non-hydrogen) atoms. The molecule has 0 aliphatic heterocycles. The summed E-state index contributed by atoms with van der Waals surface area (Å²) in [7, 11) is 0. The smallest absolute Gasteiger partial charge is 0.0733 e. The monoisotopic (exact) mass is 141 g/mol. The fourth-order valence-corrected chi connectivity index (χ4v) is 1.03. The van der Waals surface area contributed by atoms with Crippen LogP contribution < -0.4 is 11.1 Å². The molecule has 1 atom stereocenters. The molecule has 0 spiro atoms. The largest absolute Gasteiger partial charge is 0.301 e. The number of rotatable bonds is 5. The highest BCUT2D eigenvalue weighted by Crippen LogP contribution is 2.30. The Bertz CT molecular complexity index is 89.3. The second-order valence-electron chi connectivity index (χ2n) is 3.12. The van der Waals surface area contributed by atoms with E-state index in [4.69, 9.17) is 5.73 Å². The lowest BCUT2D eigenvalue weighted by Gasteiger charge is -2.10. The Balaban J connectivity index is 1.90. The van der Waals surface area contributed by atoms with Crippen molar-refractivity contribution in [3.05, 3.63) is 0 Å². The van der Waals surface area contributed by atoms with E-state index < -0.39 is 0 Å². The number of unbranched alkanes of at least 4 members (excludes halogenated alkanes) is 1. The third-order valence-corrected chi connectivity index (χ3v) is 1.99. The van der Waals surface area contributed by atoms with Gasteiger partial charge in [-0.15, -0.1) is 0 Å². The minimum Gasteiger partial charge on any atom is -0.301 e. The van der Waals surface area contributed by atoms with Crippen molar-refractivity contribution in [1.29, 1.82) is 0 Å². The van der Waals surface area contributed by atoms with E-state index in [-0.39, 0.29) is 6.17 Å². The molecule has 0 aromatic carbocycles. The molecule has 2 heteroatoms. The summed E-state index contributed by atoms with van der Waals surface area (Å²) in [5.74, 6) is 0.678. The van der Waals surface area contributed by atoms with Gasteiger partial charge in [-0.25, -0.2) is 5.73 Å². The van der Waals surface area contributed by atoms with E-state index in [0.717, 1.165) is 6.54 Å². The number of hydrogen-bond acceptors (Lipinski definition) is 1. The zero-order valence-electron chi connectivity index (χ0n) is 6.69. The van der Waals surface area contributed by atoms with Crippen molar-refractivity contribution in [1.82, 2.24) is 11.1 Å². The van der Waals surface area contributed by atoms with Gasteiger partial charge in [-0.2, -0.15) is 0 Å². The van der Waals surface area contributed by atoms with E-state index in [1.807, 2.05) is 0 Å². The van der Waals surface area contributed by atoms with E-state index in [1.54, 1.807) is 0 Å². The first-order chi connectivity index (χ1) is 4.84. The second kappa shape index (κ2) is 3.94. The normalized spacial score (nSPS) is 21.0. The molecule has 1 saturated carbocycles. The Labute approximate surface area is 63.2 Å². The molecule has 0 saturated heterocycles. The molecule has 0 bridgehead atoms. The first-order valence-electron chi connectivity index (χ1n) is 4.29. The summed E-state index contributed by atoms with van der Waals surface area (Å²) in [6.45, 7) is 3.21. The minimum atomic E-state index is 0.0338. The third-order valence-electron chi connectivity index (χ3n) is 1.99. The third kappa shape index (κ3) is 2.67. The second-order valence-corrected chi connectivity index (χ2v) is 3.12. The average Bonchev–Trinajstić information content (AvgIpc) is 2.69. The highest BCUT2D eigenvalue weighted by Gasteiger charge is 2.28. The van der Waals surface area contributed by atoms with Gasteiger partial charge < -0.3 is 5.32 Å². The summed E-state index contributed by atoms with van der Waals surface area (Å²) >= 11 is 0. The van der Waals surface area contributed by atoms with Crippen LogP contribution in [0.5, 0.6) is 0 Å². The molecule has 1 rings (SSSR count). The molecular weight excluding hydrogens is 124 g/mol. The molecule has 2 N–H and O–H groups in total. The van der Waals surface area contributed by atoms with Crippen LogP contribution >= 0.6 is 0 Å². The van der Waals surface area contributed by atoms with Gasteiger partial charge in [-0.05, 0) is 31.7 Å². The van der Waals surface area contributed by atoms with Crippen molar-refractivity contribution in [3.63, 3.8) is 0 Å². The standard InChI is InChI=1S/C8H17N2/c1-2-3-6-10-8(9)7-4-5-7/h7-10H,2-6H2,1H3. The average molecular weight is 141 g/mol. The molecule has 1 aliphatic carbocycles. The Kier molecular flexibility index (Phi) is 3.16. The van der Waals surface area contributed by atoms with Gasteiger partial charge >= 0.3 is 0 Å². The Hall–Kier alpha value is -0.0800. The summed E-state index contributed by atoms with van der Waals surface area (Å²) in [5.41, 5.74) is 7.56. The highest BCUT2D eigenvalue weighted by atomic mass is 15.0. The maximum Gasteiger partial charge on any atom is 0.0733 e. The Morgan fingerprint density at radius 2 is 2.30 bits per heavy atom. The van der Waals surface area contributed by atoms with Crippen molar-refractivity contribution in [2.75, 3.05) is 6.54 Å². The highest BCUT2D eigenvalue weighted by molar-refractivity contribution is 4.81. The molecule has 2 nitrogen and oxygen atoms in total. The van der Waals surface area contributed by atoms with Crippen molar-refractivity contribution < 1.29 is 0 Å². The van der Waals surface area contributed by atoms with Crippen molar-refractivity contribution in [2.45, 2.75) is 38.8 Å². The van der Waals surface area contributed by atoms with E-state index >= 15 is 0 Å². The molecule has 0 aromatic heterocycles. The van der Waals surface area contributed by atoms with Gasteiger partial charge in [-0.3, -0.25) is 0 Å². The van der Waals surface area contributed by atoms with Crippen molar-refractivity contribution in [2.24, 2.45) is 5.92 Å². The van der Waals surface area contributed by atoms with E-state index in [9.17, 15) is 0 Å². The van der Waals surface area contributed by atoms with Crippen LogP contribution in [0.1, 0.15) is 32.6 Å². The first kappa shape index (κ1) is 8.02. The maximum absolute atomic E-state index is 7.56. The number of hydrogen-bond donors (Lipinski definition) is 1. The van der Waals surface area contributed by atoms with Gasteiger partial charge in [-0.1, -0.05) is 13.3 Å². The zero-order chi connectivity index (χ0) is 7.40.